The molecule has 0 amide bonds. The predicted octanol–water partition coefficient (Wildman–Crippen LogP) is -0.189. The first-order valence-corrected chi connectivity index (χ1v) is 3.31. The van der Waals surface area contributed by atoms with E-state index in [0.717, 1.165) is 0 Å². The molecule has 2 N–H and O–H groups in total. The van der Waals surface area contributed by atoms with Crippen molar-refractivity contribution in [3.63, 3.8) is 0 Å². The molecule has 1 aromatic rings. The molecule has 0 saturated carbocycles. The van der Waals surface area contributed by atoms with Crippen LogP contribution in [0.5, 0.6) is 0 Å². The molecule has 1 heterocycles. The van der Waals surface area contributed by atoms with Crippen LogP contribution in [0, 0.1) is 6.92 Å². The molecule has 0 aliphatic heterocycles. The predicted molar refractivity (Wildman–Crippen MR) is 38.8 cm³/mol. The third-order valence-corrected chi connectivity index (χ3v) is 1.48. The van der Waals surface area contributed by atoms with Gasteiger partial charge in [-0.1, -0.05) is 0 Å². The fourth-order valence-electron chi connectivity index (χ4n) is 0.827. The molecule has 60 valence electrons. The van der Waals surface area contributed by atoms with Gasteiger partial charge in [-0.3, -0.25) is 0 Å². The molecule has 1 unspecified atom stereocenters. The van der Waals surface area contributed by atoms with Gasteiger partial charge in [-0.25, -0.2) is 9.97 Å². The Hall–Kier alpha value is -1.00. The maximum absolute atomic E-state index is 9.18. The maximum Gasteiger partial charge on any atom is 0.115 e. The van der Waals surface area contributed by atoms with Crippen molar-refractivity contribution in [2.75, 3.05) is 6.61 Å². The van der Waals surface area contributed by atoms with E-state index in [9.17, 15) is 5.11 Å². The van der Waals surface area contributed by atoms with Crippen molar-refractivity contribution in [3.8, 4) is 0 Å². The Labute approximate surface area is 64.6 Å². The SMILES string of the molecule is Cc1ncncc1C(O)CO. The number of aryl methyl sites for hydroxylation is 1. The quantitative estimate of drug-likeness (QED) is 0.619. The largest absolute Gasteiger partial charge is 0.393 e. The van der Waals surface area contributed by atoms with Gasteiger partial charge in [0.2, 0.25) is 0 Å². The van der Waals surface area contributed by atoms with Gasteiger partial charge in [-0.2, -0.15) is 0 Å². The summed E-state index contributed by atoms with van der Waals surface area (Å²) in [6.07, 6.45) is 2.04. The molecular formula is C7H10N2O2. The van der Waals surface area contributed by atoms with Gasteiger partial charge in [0, 0.05) is 17.5 Å². The molecule has 0 saturated heterocycles. The molecule has 0 radical (unpaired) electrons. The Balaban J connectivity index is 2.93. The summed E-state index contributed by atoms with van der Waals surface area (Å²) in [5.41, 5.74) is 1.27. The molecule has 4 nitrogen and oxygen atoms in total. The van der Waals surface area contributed by atoms with Crippen molar-refractivity contribution >= 4 is 0 Å². The molecule has 0 aliphatic carbocycles. The third-order valence-electron chi connectivity index (χ3n) is 1.48. The minimum Gasteiger partial charge on any atom is -0.393 e. The molecule has 0 spiro atoms. The van der Waals surface area contributed by atoms with Gasteiger partial charge in [0.15, 0.2) is 0 Å². The fraction of sp³-hybridized carbons (Fsp3) is 0.429. The number of nitrogens with zero attached hydrogens (tertiary/aromatic N) is 2. The molecule has 0 aromatic carbocycles. The third kappa shape index (κ3) is 1.72. The van der Waals surface area contributed by atoms with Gasteiger partial charge in [-0.15, -0.1) is 0 Å². The van der Waals surface area contributed by atoms with E-state index < -0.39 is 6.10 Å². The average molecular weight is 154 g/mol. The van der Waals surface area contributed by atoms with Crippen molar-refractivity contribution < 1.29 is 10.2 Å². The Bertz CT molecular complexity index is 240. The van der Waals surface area contributed by atoms with Gasteiger partial charge in [0.25, 0.3) is 0 Å². The van der Waals surface area contributed by atoms with Crippen LogP contribution in [0.2, 0.25) is 0 Å². The molecule has 0 bridgehead atoms. The van der Waals surface area contributed by atoms with E-state index in [2.05, 4.69) is 9.97 Å². The zero-order valence-electron chi connectivity index (χ0n) is 6.23. The van der Waals surface area contributed by atoms with Crippen molar-refractivity contribution in [1.82, 2.24) is 9.97 Å². The smallest absolute Gasteiger partial charge is 0.115 e. The second kappa shape index (κ2) is 3.41. The van der Waals surface area contributed by atoms with Crippen molar-refractivity contribution in [3.05, 3.63) is 23.8 Å². The lowest BCUT2D eigenvalue weighted by Gasteiger charge is -2.07. The van der Waals surface area contributed by atoms with Crippen LogP contribution >= 0.6 is 0 Å². The lowest BCUT2D eigenvalue weighted by atomic mass is 10.1. The van der Waals surface area contributed by atoms with Crippen LogP contribution in [0.4, 0.5) is 0 Å². The standard InChI is InChI=1S/C7H10N2O2/c1-5-6(7(11)3-10)2-8-4-9-5/h2,4,7,10-11H,3H2,1H3. The molecule has 0 aliphatic rings. The lowest BCUT2D eigenvalue weighted by molar-refractivity contribution is 0.0945. The van der Waals surface area contributed by atoms with Crippen molar-refractivity contribution in [2.24, 2.45) is 0 Å². The molecule has 1 atom stereocenters. The lowest BCUT2D eigenvalue weighted by Crippen LogP contribution is -2.06. The van der Waals surface area contributed by atoms with E-state index in [-0.39, 0.29) is 6.61 Å². The van der Waals surface area contributed by atoms with E-state index in [1.54, 1.807) is 6.92 Å². The van der Waals surface area contributed by atoms with Crippen LogP contribution in [0.3, 0.4) is 0 Å². The highest BCUT2D eigenvalue weighted by Gasteiger charge is 2.08. The summed E-state index contributed by atoms with van der Waals surface area (Å²) >= 11 is 0. The summed E-state index contributed by atoms with van der Waals surface area (Å²) in [5.74, 6) is 0. The Kier molecular flexibility index (Phi) is 2.51. The molecule has 4 heteroatoms. The minimum atomic E-state index is -0.865. The first kappa shape index (κ1) is 8.10. The highest BCUT2D eigenvalue weighted by atomic mass is 16.3. The Morgan fingerprint density at radius 2 is 2.36 bits per heavy atom. The topological polar surface area (TPSA) is 66.2 Å². The van der Waals surface area contributed by atoms with Gasteiger partial charge >= 0.3 is 0 Å². The number of aliphatic hydroxyl groups excluding tert-OH is 2. The second-order valence-electron chi connectivity index (χ2n) is 2.26. The fourth-order valence-corrected chi connectivity index (χ4v) is 0.827. The summed E-state index contributed by atoms with van der Waals surface area (Å²) in [6.45, 7) is 1.46. The summed E-state index contributed by atoms with van der Waals surface area (Å²) in [7, 11) is 0. The monoisotopic (exact) mass is 154 g/mol. The first-order chi connectivity index (χ1) is 5.25. The van der Waals surface area contributed by atoms with Crippen LogP contribution < -0.4 is 0 Å². The Morgan fingerprint density at radius 3 is 2.91 bits per heavy atom. The molecule has 1 aromatic heterocycles. The van der Waals surface area contributed by atoms with Crippen molar-refractivity contribution in [2.45, 2.75) is 13.0 Å². The first-order valence-electron chi connectivity index (χ1n) is 3.31. The number of hydrogen-bond donors (Lipinski definition) is 2. The number of aliphatic hydroxyl groups is 2. The zero-order valence-corrected chi connectivity index (χ0v) is 6.23. The molecule has 11 heavy (non-hydrogen) atoms. The van der Waals surface area contributed by atoms with Crippen molar-refractivity contribution in [1.29, 1.82) is 0 Å². The van der Waals surface area contributed by atoms with Gasteiger partial charge in [-0.05, 0) is 6.92 Å². The van der Waals surface area contributed by atoms with Crippen LogP contribution in [-0.2, 0) is 0 Å². The summed E-state index contributed by atoms with van der Waals surface area (Å²) in [5, 5.41) is 17.8. The normalized spacial score (nSPS) is 13.0. The van der Waals surface area contributed by atoms with Gasteiger partial charge < -0.3 is 10.2 Å². The van der Waals surface area contributed by atoms with E-state index in [1.807, 2.05) is 0 Å². The van der Waals surface area contributed by atoms with Crippen LogP contribution in [-0.4, -0.2) is 26.8 Å². The summed E-state index contributed by atoms with van der Waals surface area (Å²) in [4.78, 5) is 7.60. The summed E-state index contributed by atoms with van der Waals surface area (Å²) in [6, 6.07) is 0. The number of aromatic nitrogens is 2. The Morgan fingerprint density at radius 1 is 1.64 bits per heavy atom. The zero-order chi connectivity index (χ0) is 8.27. The van der Waals surface area contributed by atoms with Crippen LogP contribution in [0.1, 0.15) is 17.4 Å². The highest BCUT2D eigenvalue weighted by molar-refractivity contribution is 5.16. The molecule has 0 fully saturated rings. The number of rotatable bonds is 2. The second-order valence-corrected chi connectivity index (χ2v) is 2.26. The summed E-state index contributed by atoms with van der Waals surface area (Å²) < 4.78 is 0. The van der Waals surface area contributed by atoms with Gasteiger partial charge in [0.05, 0.1) is 6.61 Å². The van der Waals surface area contributed by atoms with Gasteiger partial charge in [0.1, 0.15) is 12.4 Å². The van der Waals surface area contributed by atoms with E-state index in [4.69, 9.17) is 5.11 Å². The van der Waals surface area contributed by atoms with E-state index in [0.29, 0.717) is 11.3 Å². The van der Waals surface area contributed by atoms with E-state index in [1.165, 1.54) is 12.5 Å². The average Bonchev–Trinajstić information content (AvgIpc) is 2.04. The number of hydrogen-bond acceptors (Lipinski definition) is 4. The minimum absolute atomic E-state index is 0.297. The van der Waals surface area contributed by atoms with Crippen LogP contribution in [0.25, 0.3) is 0 Å². The maximum atomic E-state index is 9.18. The molecule has 1 rings (SSSR count). The van der Waals surface area contributed by atoms with Crippen LogP contribution in [0.15, 0.2) is 12.5 Å². The molecular weight excluding hydrogens is 144 g/mol. The highest BCUT2D eigenvalue weighted by Crippen LogP contribution is 2.12. The van der Waals surface area contributed by atoms with E-state index >= 15 is 0 Å².